The fourth-order valence-corrected chi connectivity index (χ4v) is 3.65. The minimum absolute atomic E-state index is 0.121. The maximum Gasteiger partial charge on any atom is 0.283 e. The lowest BCUT2D eigenvalue weighted by atomic mass is 10.1. The number of carbonyl (C=O) groups excluding carboxylic acids is 3. The number of methoxy groups -OCH3 is 1. The Labute approximate surface area is 199 Å². The number of nitrogens with zero attached hydrogens (tertiary/aromatic N) is 1. The van der Waals surface area contributed by atoms with E-state index < -0.39 is 11.8 Å². The molecule has 1 aliphatic heterocycles. The number of rotatable bonds is 6. The molecule has 3 amide bonds. The molecule has 0 fully saturated rings. The second-order valence-corrected chi connectivity index (χ2v) is 7.79. The molecule has 7 nitrogen and oxygen atoms in total. The number of amides is 3. The zero-order valence-corrected chi connectivity index (χ0v) is 18.8. The SMILES string of the molecule is COc1ccc(Cl)cc1N1C(=O)C(Cl)=C(Nc2cccc(C(=O)Nc3ccccc3)c2)C1=O. The van der Waals surface area contributed by atoms with Crippen LogP contribution < -0.4 is 20.3 Å². The lowest BCUT2D eigenvalue weighted by molar-refractivity contribution is -0.120. The van der Waals surface area contributed by atoms with E-state index in [1.54, 1.807) is 48.5 Å². The molecule has 0 aliphatic carbocycles. The van der Waals surface area contributed by atoms with E-state index in [2.05, 4.69) is 10.6 Å². The van der Waals surface area contributed by atoms with E-state index in [0.29, 0.717) is 22.0 Å². The van der Waals surface area contributed by atoms with Crippen LogP contribution in [0.3, 0.4) is 0 Å². The highest BCUT2D eigenvalue weighted by atomic mass is 35.5. The smallest absolute Gasteiger partial charge is 0.283 e. The number of imide groups is 1. The van der Waals surface area contributed by atoms with Crippen molar-refractivity contribution in [2.75, 3.05) is 22.6 Å². The quantitative estimate of drug-likeness (QED) is 0.481. The zero-order valence-electron chi connectivity index (χ0n) is 17.3. The fourth-order valence-electron chi connectivity index (χ4n) is 3.28. The van der Waals surface area contributed by atoms with Gasteiger partial charge in [-0.15, -0.1) is 0 Å². The van der Waals surface area contributed by atoms with Crippen molar-refractivity contribution < 1.29 is 19.1 Å². The van der Waals surface area contributed by atoms with Crippen molar-refractivity contribution in [2.24, 2.45) is 0 Å². The van der Waals surface area contributed by atoms with Crippen LogP contribution in [0.15, 0.2) is 83.5 Å². The molecule has 166 valence electrons. The Morgan fingerprint density at radius 2 is 1.61 bits per heavy atom. The van der Waals surface area contributed by atoms with Gasteiger partial charge in [0, 0.05) is 22.0 Å². The van der Waals surface area contributed by atoms with Gasteiger partial charge in [-0.1, -0.05) is 47.5 Å². The van der Waals surface area contributed by atoms with Gasteiger partial charge in [-0.2, -0.15) is 0 Å². The zero-order chi connectivity index (χ0) is 23.5. The number of benzene rings is 3. The summed E-state index contributed by atoms with van der Waals surface area (Å²) in [5, 5.41) is 5.68. The van der Waals surface area contributed by atoms with Crippen LogP contribution in [0.2, 0.25) is 5.02 Å². The average Bonchev–Trinajstić information content (AvgIpc) is 3.03. The summed E-state index contributed by atoms with van der Waals surface area (Å²) in [7, 11) is 1.41. The van der Waals surface area contributed by atoms with Gasteiger partial charge in [-0.25, -0.2) is 4.90 Å². The largest absolute Gasteiger partial charge is 0.495 e. The minimum atomic E-state index is -0.720. The molecule has 1 heterocycles. The summed E-state index contributed by atoms with van der Waals surface area (Å²) in [5.41, 5.74) is 1.46. The number of nitrogens with one attached hydrogen (secondary N) is 2. The highest BCUT2D eigenvalue weighted by molar-refractivity contribution is 6.53. The van der Waals surface area contributed by atoms with E-state index in [-0.39, 0.29) is 28.1 Å². The third-order valence-corrected chi connectivity index (χ3v) is 5.42. The first-order valence-electron chi connectivity index (χ1n) is 9.74. The van der Waals surface area contributed by atoms with E-state index in [9.17, 15) is 14.4 Å². The normalized spacial score (nSPS) is 13.4. The van der Waals surface area contributed by atoms with E-state index in [1.807, 2.05) is 18.2 Å². The monoisotopic (exact) mass is 481 g/mol. The number of halogens is 2. The van der Waals surface area contributed by atoms with Crippen molar-refractivity contribution in [1.29, 1.82) is 0 Å². The molecular weight excluding hydrogens is 465 g/mol. The highest BCUT2D eigenvalue weighted by Crippen LogP contribution is 2.37. The van der Waals surface area contributed by atoms with Gasteiger partial charge in [0.15, 0.2) is 0 Å². The molecule has 0 unspecified atom stereocenters. The van der Waals surface area contributed by atoms with Gasteiger partial charge < -0.3 is 15.4 Å². The van der Waals surface area contributed by atoms with Crippen LogP contribution in [0.25, 0.3) is 0 Å². The van der Waals surface area contributed by atoms with E-state index in [0.717, 1.165) is 4.90 Å². The van der Waals surface area contributed by atoms with Crippen molar-refractivity contribution in [3.8, 4) is 5.75 Å². The summed E-state index contributed by atoms with van der Waals surface area (Å²) in [6, 6.07) is 20.1. The second kappa shape index (κ2) is 9.36. The molecule has 1 aliphatic rings. The third-order valence-electron chi connectivity index (χ3n) is 4.83. The first-order valence-corrected chi connectivity index (χ1v) is 10.5. The van der Waals surface area contributed by atoms with E-state index in [1.165, 1.54) is 13.2 Å². The first kappa shape index (κ1) is 22.4. The highest BCUT2D eigenvalue weighted by Gasteiger charge is 2.40. The van der Waals surface area contributed by atoms with Crippen LogP contribution in [0, 0.1) is 0 Å². The Bertz CT molecular complexity index is 1290. The van der Waals surface area contributed by atoms with E-state index >= 15 is 0 Å². The summed E-state index contributed by atoms with van der Waals surface area (Å²) >= 11 is 12.3. The first-order chi connectivity index (χ1) is 15.9. The molecule has 0 saturated heterocycles. The van der Waals surface area contributed by atoms with Crippen LogP contribution in [-0.4, -0.2) is 24.8 Å². The van der Waals surface area contributed by atoms with Crippen molar-refractivity contribution in [1.82, 2.24) is 0 Å². The number of para-hydroxylation sites is 1. The van der Waals surface area contributed by atoms with Gasteiger partial charge in [-0.05, 0) is 48.5 Å². The Hall–Kier alpha value is -3.81. The maximum atomic E-state index is 13.1. The lowest BCUT2D eigenvalue weighted by Gasteiger charge is -2.18. The number of anilines is 3. The van der Waals surface area contributed by atoms with Crippen LogP contribution in [0.5, 0.6) is 5.75 Å². The number of hydrogen-bond acceptors (Lipinski definition) is 5. The molecule has 0 saturated carbocycles. The molecule has 3 aromatic rings. The van der Waals surface area contributed by atoms with Gasteiger partial charge in [0.1, 0.15) is 16.5 Å². The Morgan fingerprint density at radius 1 is 0.879 bits per heavy atom. The minimum Gasteiger partial charge on any atom is -0.495 e. The van der Waals surface area contributed by atoms with Gasteiger partial charge >= 0.3 is 0 Å². The van der Waals surface area contributed by atoms with Gasteiger partial charge in [-0.3, -0.25) is 14.4 Å². The fraction of sp³-hybridized carbons (Fsp3) is 0.0417. The molecule has 0 spiro atoms. The predicted molar refractivity (Wildman–Crippen MR) is 128 cm³/mol. The predicted octanol–water partition coefficient (Wildman–Crippen LogP) is 5.04. The average molecular weight is 482 g/mol. The van der Waals surface area contributed by atoms with Gasteiger partial charge in [0.25, 0.3) is 17.7 Å². The van der Waals surface area contributed by atoms with Crippen LogP contribution in [-0.2, 0) is 9.59 Å². The molecule has 4 rings (SSSR count). The summed E-state index contributed by atoms with van der Waals surface area (Å²) in [6.45, 7) is 0. The van der Waals surface area contributed by atoms with Crippen LogP contribution >= 0.6 is 23.2 Å². The Balaban J connectivity index is 1.58. The van der Waals surface area contributed by atoms with E-state index in [4.69, 9.17) is 27.9 Å². The van der Waals surface area contributed by atoms with Crippen LogP contribution in [0.4, 0.5) is 17.1 Å². The van der Waals surface area contributed by atoms with Gasteiger partial charge in [0.05, 0.1) is 12.8 Å². The summed E-state index contributed by atoms with van der Waals surface area (Å²) in [5.74, 6) is -1.44. The van der Waals surface area contributed by atoms with Gasteiger partial charge in [0.2, 0.25) is 0 Å². The Morgan fingerprint density at radius 3 is 2.33 bits per heavy atom. The van der Waals surface area contributed by atoms with Crippen molar-refractivity contribution >= 4 is 58.0 Å². The number of carbonyl (C=O) groups is 3. The van der Waals surface area contributed by atoms with Crippen LogP contribution in [0.1, 0.15) is 10.4 Å². The number of hydrogen-bond donors (Lipinski definition) is 2. The second-order valence-electron chi connectivity index (χ2n) is 6.98. The third kappa shape index (κ3) is 4.55. The summed E-state index contributed by atoms with van der Waals surface area (Å²) in [6.07, 6.45) is 0. The molecule has 0 bridgehead atoms. The molecule has 3 aromatic carbocycles. The maximum absolute atomic E-state index is 13.1. The topological polar surface area (TPSA) is 87.7 Å². The molecule has 33 heavy (non-hydrogen) atoms. The summed E-state index contributed by atoms with van der Waals surface area (Å²) in [4.78, 5) is 39.4. The van der Waals surface area contributed by atoms with Crippen molar-refractivity contribution in [3.63, 3.8) is 0 Å². The molecule has 0 atom stereocenters. The standard InChI is InChI=1S/C24H17Cl2N3O4/c1-33-19-11-10-15(25)13-18(19)29-23(31)20(26)21(24(29)32)27-17-9-5-6-14(12-17)22(30)28-16-7-3-2-4-8-16/h2-13,27H,1H3,(H,28,30). The lowest BCUT2D eigenvalue weighted by Crippen LogP contribution is -2.32. The van der Waals surface area contributed by atoms with Crippen molar-refractivity contribution in [2.45, 2.75) is 0 Å². The summed E-state index contributed by atoms with van der Waals surface area (Å²) < 4.78 is 5.26. The molecule has 2 N–H and O–H groups in total. The molecule has 9 heteroatoms. The van der Waals surface area contributed by atoms with Crippen molar-refractivity contribution in [3.05, 3.63) is 94.1 Å². The molecule has 0 radical (unpaired) electrons. The number of ether oxygens (including phenoxy) is 1. The molecular formula is C24H17Cl2N3O4. The molecule has 0 aromatic heterocycles. The Kier molecular flexibility index (Phi) is 6.35.